The van der Waals surface area contributed by atoms with E-state index in [2.05, 4.69) is 39.5 Å². The van der Waals surface area contributed by atoms with Gasteiger partial charge in [0.2, 0.25) is 5.82 Å². The number of nitrogens with zero attached hydrogens (tertiary/aromatic N) is 4. The summed E-state index contributed by atoms with van der Waals surface area (Å²) in [5.41, 5.74) is 4.41. The van der Waals surface area contributed by atoms with E-state index in [0.29, 0.717) is 23.6 Å². The van der Waals surface area contributed by atoms with Gasteiger partial charge >= 0.3 is 6.18 Å². The van der Waals surface area contributed by atoms with Crippen LogP contribution in [0.15, 0.2) is 59.1 Å². The molecule has 160 valence electrons. The molecule has 0 unspecified atom stereocenters. The highest BCUT2D eigenvalue weighted by Gasteiger charge is 2.28. The maximum atomic E-state index is 12.3. The van der Waals surface area contributed by atoms with Crippen LogP contribution in [0.1, 0.15) is 16.8 Å². The number of ether oxygens (including phenoxy) is 1. The summed E-state index contributed by atoms with van der Waals surface area (Å²) in [5, 5.41) is 8.51. The number of aryl methyl sites for hydroxylation is 2. The molecule has 0 radical (unpaired) electrons. The van der Waals surface area contributed by atoms with E-state index in [9.17, 15) is 13.2 Å². The van der Waals surface area contributed by atoms with Gasteiger partial charge in [-0.3, -0.25) is 4.68 Å². The maximum Gasteiger partial charge on any atom is 0.422 e. The first-order valence-electron chi connectivity index (χ1n) is 9.51. The van der Waals surface area contributed by atoms with Gasteiger partial charge in [0.25, 0.3) is 5.89 Å². The van der Waals surface area contributed by atoms with Crippen LogP contribution in [-0.2, 0) is 6.54 Å². The first-order valence-corrected chi connectivity index (χ1v) is 9.51. The zero-order chi connectivity index (χ0) is 22.0. The van der Waals surface area contributed by atoms with Crippen molar-refractivity contribution in [2.75, 3.05) is 6.61 Å². The smallest absolute Gasteiger partial charge is 0.422 e. The van der Waals surface area contributed by atoms with Gasteiger partial charge in [-0.05, 0) is 49.7 Å². The lowest BCUT2D eigenvalue weighted by atomic mass is 10.1. The zero-order valence-electron chi connectivity index (χ0n) is 16.8. The second kappa shape index (κ2) is 8.25. The molecule has 0 atom stereocenters. The van der Waals surface area contributed by atoms with Crippen LogP contribution < -0.4 is 4.74 Å². The van der Waals surface area contributed by atoms with Crippen LogP contribution in [0.5, 0.6) is 5.75 Å². The summed E-state index contributed by atoms with van der Waals surface area (Å²) in [5.74, 6) is 0.677. The van der Waals surface area contributed by atoms with Crippen LogP contribution in [0, 0.1) is 13.8 Å². The molecular formula is C22H19F3N4O2. The lowest BCUT2D eigenvalue weighted by molar-refractivity contribution is -0.153. The van der Waals surface area contributed by atoms with Gasteiger partial charge in [0.05, 0.1) is 6.54 Å². The number of hydrogen-bond donors (Lipinski definition) is 0. The molecule has 0 amide bonds. The molecule has 4 aromatic rings. The highest BCUT2D eigenvalue weighted by Crippen LogP contribution is 2.25. The molecule has 0 fully saturated rings. The molecule has 0 saturated carbocycles. The van der Waals surface area contributed by atoms with Crippen molar-refractivity contribution in [3.63, 3.8) is 0 Å². The number of alkyl halides is 3. The quantitative estimate of drug-likeness (QED) is 0.422. The monoisotopic (exact) mass is 428 g/mol. The van der Waals surface area contributed by atoms with Crippen molar-refractivity contribution < 1.29 is 22.4 Å². The van der Waals surface area contributed by atoms with Crippen LogP contribution in [-0.4, -0.2) is 32.7 Å². The van der Waals surface area contributed by atoms with Crippen molar-refractivity contribution in [3.05, 3.63) is 71.4 Å². The van der Waals surface area contributed by atoms with Crippen LogP contribution in [0.2, 0.25) is 0 Å². The summed E-state index contributed by atoms with van der Waals surface area (Å²) < 4.78 is 48.7. The van der Waals surface area contributed by atoms with E-state index in [0.717, 1.165) is 11.3 Å². The molecule has 0 aliphatic carbocycles. The summed E-state index contributed by atoms with van der Waals surface area (Å²) in [6.45, 7) is 3.26. The Balaban J connectivity index is 1.48. The van der Waals surface area contributed by atoms with Gasteiger partial charge in [-0.2, -0.15) is 23.3 Å². The molecule has 2 aromatic carbocycles. The third-order valence-electron chi connectivity index (χ3n) is 4.59. The Morgan fingerprint density at radius 2 is 1.71 bits per heavy atom. The van der Waals surface area contributed by atoms with Gasteiger partial charge in [0.15, 0.2) is 12.3 Å². The Morgan fingerprint density at radius 3 is 2.39 bits per heavy atom. The van der Waals surface area contributed by atoms with E-state index in [1.165, 1.54) is 17.7 Å². The maximum absolute atomic E-state index is 12.3. The predicted molar refractivity (Wildman–Crippen MR) is 108 cm³/mol. The lowest BCUT2D eigenvalue weighted by Gasteiger charge is -2.08. The molecular weight excluding hydrogens is 409 g/mol. The highest BCUT2D eigenvalue weighted by molar-refractivity contribution is 5.58. The Kier molecular flexibility index (Phi) is 5.50. The Morgan fingerprint density at radius 1 is 1.00 bits per heavy atom. The molecule has 2 aromatic heterocycles. The standard InChI is InChI=1S/C22H19F3N4O2/c1-14-3-5-16(6-4-14)12-29-15(2)11-19(27-29)21-26-20(28-31-21)17-7-9-18(10-8-17)30-13-22(23,24)25/h3-11H,12-13H2,1-2H3. The second-order valence-electron chi connectivity index (χ2n) is 7.17. The third-order valence-corrected chi connectivity index (χ3v) is 4.59. The van der Waals surface area contributed by atoms with Crippen LogP contribution in [0.4, 0.5) is 13.2 Å². The van der Waals surface area contributed by atoms with Crippen molar-refractivity contribution >= 4 is 0 Å². The van der Waals surface area contributed by atoms with Crippen molar-refractivity contribution in [3.8, 4) is 28.7 Å². The lowest BCUT2D eigenvalue weighted by Crippen LogP contribution is -2.19. The minimum Gasteiger partial charge on any atom is -0.484 e. The summed E-state index contributed by atoms with van der Waals surface area (Å²) in [4.78, 5) is 4.36. The van der Waals surface area contributed by atoms with E-state index >= 15 is 0 Å². The van der Waals surface area contributed by atoms with Gasteiger partial charge in [0.1, 0.15) is 5.75 Å². The summed E-state index contributed by atoms with van der Waals surface area (Å²) in [6, 6.07) is 16.1. The molecule has 0 N–H and O–H groups in total. The SMILES string of the molecule is Cc1ccc(Cn2nc(-c3nc(-c4ccc(OCC(F)(F)F)cc4)no3)cc2C)cc1. The van der Waals surface area contributed by atoms with Crippen LogP contribution in [0.3, 0.4) is 0 Å². The fraction of sp³-hybridized carbons (Fsp3) is 0.227. The largest absolute Gasteiger partial charge is 0.484 e. The normalized spacial score (nSPS) is 11.6. The average Bonchev–Trinajstić information content (AvgIpc) is 3.35. The number of benzene rings is 2. The fourth-order valence-corrected chi connectivity index (χ4v) is 2.95. The van der Waals surface area contributed by atoms with Crippen molar-refractivity contribution in [1.82, 2.24) is 19.9 Å². The Bertz CT molecular complexity index is 1160. The van der Waals surface area contributed by atoms with E-state index in [1.807, 2.05) is 24.6 Å². The second-order valence-corrected chi connectivity index (χ2v) is 7.17. The average molecular weight is 428 g/mol. The van der Waals surface area contributed by atoms with Gasteiger partial charge in [-0.1, -0.05) is 35.0 Å². The Labute approximate surface area is 176 Å². The molecule has 2 heterocycles. The number of halogens is 3. The topological polar surface area (TPSA) is 66.0 Å². The molecule has 4 rings (SSSR count). The molecule has 0 saturated heterocycles. The molecule has 6 nitrogen and oxygen atoms in total. The minimum atomic E-state index is -4.39. The minimum absolute atomic E-state index is 0.107. The van der Waals surface area contributed by atoms with Gasteiger partial charge in [-0.25, -0.2) is 0 Å². The Hall–Kier alpha value is -3.62. The number of aromatic nitrogens is 4. The van der Waals surface area contributed by atoms with Crippen LogP contribution in [0.25, 0.3) is 23.0 Å². The number of rotatable bonds is 6. The van der Waals surface area contributed by atoms with Crippen LogP contribution >= 0.6 is 0 Å². The first-order chi connectivity index (χ1) is 14.8. The summed E-state index contributed by atoms with van der Waals surface area (Å²) in [6.07, 6.45) is -4.39. The zero-order valence-corrected chi connectivity index (χ0v) is 16.8. The van der Waals surface area contributed by atoms with Gasteiger partial charge in [-0.15, -0.1) is 0 Å². The number of hydrogen-bond acceptors (Lipinski definition) is 5. The van der Waals surface area contributed by atoms with E-state index in [-0.39, 0.29) is 11.6 Å². The van der Waals surface area contributed by atoms with E-state index in [1.54, 1.807) is 12.1 Å². The summed E-state index contributed by atoms with van der Waals surface area (Å²) >= 11 is 0. The first kappa shape index (κ1) is 20.6. The van der Waals surface area contributed by atoms with Crippen molar-refractivity contribution in [2.24, 2.45) is 0 Å². The van der Waals surface area contributed by atoms with Gasteiger partial charge in [0, 0.05) is 11.3 Å². The van der Waals surface area contributed by atoms with Gasteiger partial charge < -0.3 is 9.26 Å². The molecule has 0 bridgehead atoms. The molecule has 0 aliphatic rings. The molecule has 0 aliphatic heterocycles. The van der Waals surface area contributed by atoms with Crippen molar-refractivity contribution in [1.29, 1.82) is 0 Å². The fourth-order valence-electron chi connectivity index (χ4n) is 2.95. The summed E-state index contributed by atoms with van der Waals surface area (Å²) in [7, 11) is 0. The molecule has 31 heavy (non-hydrogen) atoms. The molecule has 9 heteroatoms. The molecule has 0 spiro atoms. The predicted octanol–water partition coefficient (Wildman–Crippen LogP) is 5.21. The van der Waals surface area contributed by atoms with Crippen molar-refractivity contribution in [2.45, 2.75) is 26.6 Å². The third kappa shape index (κ3) is 5.11. The van der Waals surface area contributed by atoms with E-state index in [4.69, 9.17) is 9.26 Å². The van der Waals surface area contributed by atoms with E-state index < -0.39 is 12.8 Å². The highest BCUT2D eigenvalue weighted by atomic mass is 19.4.